The molecular weight excluding hydrogens is 380 g/mol. The van der Waals surface area contributed by atoms with E-state index in [-0.39, 0.29) is 18.3 Å². The Balaban J connectivity index is 0.00000192. The number of carbonyl (C=O) groups is 1. The van der Waals surface area contributed by atoms with E-state index < -0.39 is 0 Å². The molecule has 0 bridgehead atoms. The molecule has 1 aromatic carbocycles. The fourth-order valence-corrected chi connectivity index (χ4v) is 3.14. The maximum Gasteiger partial charge on any atom is 0.257 e. The summed E-state index contributed by atoms with van der Waals surface area (Å²) in [4.78, 5) is 14.4. The minimum atomic E-state index is 0. The SMILES string of the molecule is CN(C(=O)c1cnn(-c2cccc(Br)c2)c1)C1CCNCC1.Cl. The van der Waals surface area contributed by atoms with Crippen LogP contribution in [0.15, 0.2) is 41.1 Å². The highest BCUT2D eigenvalue weighted by Gasteiger charge is 2.23. The van der Waals surface area contributed by atoms with Crippen LogP contribution in [0.5, 0.6) is 0 Å². The molecule has 0 atom stereocenters. The predicted octanol–water partition coefficient (Wildman–Crippen LogP) is 2.88. The van der Waals surface area contributed by atoms with E-state index in [1.165, 1.54) is 0 Å². The molecule has 23 heavy (non-hydrogen) atoms. The number of carbonyl (C=O) groups excluding carboxylic acids is 1. The van der Waals surface area contributed by atoms with E-state index in [0.717, 1.165) is 36.1 Å². The molecule has 3 rings (SSSR count). The van der Waals surface area contributed by atoms with Gasteiger partial charge in [-0.2, -0.15) is 5.10 Å². The van der Waals surface area contributed by atoms with Gasteiger partial charge in [-0.05, 0) is 44.1 Å². The van der Waals surface area contributed by atoms with Crippen LogP contribution in [0.4, 0.5) is 0 Å². The van der Waals surface area contributed by atoms with Crippen molar-refractivity contribution in [3.8, 4) is 5.69 Å². The highest BCUT2D eigenvalue weighted by molar-refractivity contribution is 9.10. The van der Waals surface area contributed by atoms with Gasteiger partial charge in [-0.3, -0.25) is 4.79 Å². The second kappa shape index (κ2) is 7.95. The summed E-state index contributed by atoms with van der Waals surface area (Å²) in [5.74, 6) is 0.0353. The van der Waals surface area contributed by atoms with Gasteiger partial charge in [-0.1, -0.05) is 22.0 Å². The minimum Gasteiger partial charge on any atom is -0.339 e. The quantitative estimate of drug-likeness (QED) is 0.863. The largest absolute Gasteiger partial charge is 0.339 e. The van der Waals surface area contributed by atoms with Gasteiger partial charge in [0.2, 0.25) is 0 Å². The van der Waals surface area contributed by atoms with E-state index in [1.807, 2.05) is 36.2 Å². The first-order valence-electron chi connectivity index (χ1n) is 7.43. The van der Waals surface area contributed by atoms with Crippen molar-refractivity contribution in [2.75, 3.05) is 20.1 Å². The Labute approximate surface area is 150 Å². The highest BCUT2D eigenvalue weighted by Crippen LogP contribution is 2.17. The smallest absolute Gasteiger partial charge is 0.257 e. The van der Waals surface area contributed by atoms with Crippen LogP contribution >= 0.6 is 28.3 Å². The Bertz CT molecular complexity index is 670. The number of halogens is 2. The molecule has 5 nitrogen and oxygen atoms in total. The van der Waals surface area contributed by atoms with E-state index in [1.54, 1.807) is 17.1 Å². The van der Waals surface area contributed by atoms with Gasteiger partial charge in [0, 0.05) is 23.8 Å². The molecule has 1 aliphatic rings. The number of rotatable bonds is 3. The third-order valence-electron chi connectivity index (χ3n) is 4.08. The standard InChI is InChI=1S/C16H19BrN4O.ClH/c1-20(14-5-7-18-8-6-14)16(22)12-10-19-21(11-12)15-4-2-3-13(17)9-15;/h2-4,9-11,14,18H,5-8H2,1H3;1H. The fraction of sp³-hybridized carbons (Fsp3) is 0.375. The summed E-state index contributed by atoms with van der Waals surface area (Å²) in [6.07, 6.45) is 5.44. The second-order valence-corrected chi connectivity index (χ2v) is 6.47. The molecule has 0 unspecified atom stereocenters. The lowest BCUT2D eigenvalue weighted by Crippen LogP contribution is -2.43. The second-order valence-electron chi connectivity index (χ2n) is 5.55. The van der Waals surface area contributed by atoms with Crippen LogP contribution in [0.2, 0.25) is 0 Å². The number of nitrogens with zero attached hydrogens (tertiary/aromatic N) is 3. The third kappa shape index (κ3) is 4.13. The van der Waals surface area contributed by atoms with E-state index >= 15 is 0 Å². The predicted molar refractivity (Wildman–Crippen MR) is 96.5 cm³/mol. The van der Waals surface area contributed by atoms with Gasteiger partial charge in [0.1, 0.15) is 0 Å². The zero-order valence-electron chi connectivity index (χ0n) is 12.9. The molecule has 1 aliphatic heterocycles. The van der Waals surface area contributed by atoms with Crippen LogP contribution in [0, 0.1) is 0 Å². The number of amides is 1. The van der Waals surface area contributed by atoms with Crippen molar-refractivity contribution in [2.45, 2.75) is 18.9 Å². The zero-order valence-corrected chi connectivity index (χ0v) is 15.3. The molecule has 2 heterocycles. The number of hydrogen-bond donors (Lipinski definition) is 1. The van der Waals surface area contributed by atoms with Crippen molar-refractivity contribution in [3.05, 3.63) is 46.7 Å². The third-order valence-corrected chi connectivity index (χ3v) is 4.57. The molecule has 7 heteroatoms. The molecule has 1 N–H and O–H groups in total. The summed E-state index contributed by atoms with van der Waals surface area (Å²) in [7, 11) is 1.88. The minimum absolute atomic E-state index is 0. The van der Waals surface area contributed by atoms with Crippen LogP contribution in [0.1, 0.15) is 23.2 Å². The average Bonchev–Trinajstić information content (AvgIpc) is 3.04. The molecule has 1 aromatic heterocycles. The molecule has 0 aliphatic carbocycles. The number of nitrogens with one attached hydrogen (secondary N) is 1. The molecule has 124 valence electrons. The molecule has 0 radical (unpaired) electrons. The Morgan fingerprint density at radius 1 is 1.39 bits per heavy atom. The molecule has 1 fully saturated rings. The van der Waals surface area contributed by atoms with Gasteiger partial charge >= 0.3 is 0 Å². The molecule has 0 spiro atoms. The number of piperidine rings is 1. The molecule has 1 amide bonds. The Morgan fingerprint density at radius 2 is 2.13 bits per heavy atom. The van der Waals surface area contributed by atoms with E-state index in [9.17, 15) is 4.79 Å². The summed E-state index contributed by atoms with van der Waals surface area (Å²) in [5, 5.41) is 7.63. The molecule has 2 aromatic rings. The molecule has 0 saturated carbocycles. The lowest BCUT2D eigenvalue weighted by atomic mass is 10.0. The Hall–Kier alpha value is -1.37. The van der Waals surface area contributed by atoms with Gasteiger partial charge in [-0.25, -0.2) is 4.68 Å². The lowest BCUT2D eigenvalue weighted by molar-refractivity contribution is 0.0703. The van der Waals surface area contributed by atoms with Crippen molar-refractivity contribution >= 4 is 34.2 Å². The summed E-state index contributed by atoms with van der Waals surface area (Å²) in [6, 6.07) is 8.15. The normalized spacial score (nSPS) is 15.0. The van der Waals surface area contributed by atoms with Gasteiger partial charge in [0.25, 0.3) is 5.91 Å². The Kier molecular flexibility index (Phi) is 6.21. The van der Waals surface area contributed by atoms with E-state index in [4.69, 9.17) is 0 Å². The molecular formula is C16H20BrClN4O. The van der Waals surface area contributed by atoms with E-state index in [2.05, 4.69) is 26.3 Å². The summed E-state index contributed by atoms with van der Waals surface area (Å²) >= 11 is 3.45. The average molecular weight is 400 g/mol. The lowest BCUT2D eigenvalue weighted by Gasteiger charge is -2.31. The van der Waals surface area contributed by atoms with E-state index in [0.29, 0.717) is 11.6 Å². The first-order valence-corrected chi connectivity index (χ1v) is 8.23. The zero-order chi connectivity index (χ0) is 15.5. The van der Waals surface area contributed by atoms with Gasteiger partial charge in [0.05, 0.1) is 17.4 Å². The van der Waals surface area contributed by atoms with Gasteiger partial charge in [-0.15, -0.1) is 12.4 Å². The summed E-state index contributed by atoms with van der Waals surface area (Å²) < 4.78 is 2.72. The number of aromatic nitrogens is 2. The first-order chi connectivity index (χ1) is 10.6. The summed E-state index contributed by atoms with van der Waals surface area (Å²) in [5.41, 5.74) is 1.55. The van der Waals surface area contributed by atoms with Crippen molar-refractivity contribution in [3.63, 3.8) is 0 Å². The van der Waals surface area contributed by atoms with Crippen molar-refractivity contribution in [2.24, 2.45) is 0 Å². The van der Waals surface area contributed by atoms with Crippen LogP contribution in [-0.2, 0) is 0 Å². The van der Waals surface area contributed by atoms with Crippen LogP contribution < -0.4 is 5.32 Å². The van der Waals surface area contributed by atoms with Crippen LogP contribution in [-0.4, -0.2) is 46.8 Å². The highest BCUT2D eigenvalue weighted by atomic mass is 79.9. The van der Waals surface area contributed by atoms with Crippen LogP contribution in [0.25, 0.3) is 5.69 Å². The summed E-state index contributed by atoms with van der Waals surface area (Å²) in [6.45, 7) is 1.94. The van der Waals surface area contributed by atoms with Crippen molar-refractivity contribution < 1.29 is 4.79 Å². The molecule has 1 saturated heterocycles. The monoisotopic (exact) mass is 398 g/mol. The Morgan fingerprint density at radius 3 is 2.83 bits per heavy atom. The maximum absolute atomic E-state index is 12.6. The van der Waals surface area contributed by atoms with Crippen molar-refractivity contribution in [1.82, 2.24) is 20.0 Å². The topological polar surface area (TPSA) is 50.2 Å². The van der Waals surface area contributed by atoms with Gasteiger partial charge in [0.15, 0.2) is 0 Å². The van der Waals surface area contributed by atoms with Crippen LogP contribution in [0.3, 0.4) is 0 Å². The maximum atomic E-state index is 12.6. The van der Waals surface area contributed by atoms with Crippen molar-refractivity contribution in [1.29, 1.82) is 0 Å². The number of benzene rings is 1. The first kappa shape index (κ1) is 18.0. The fourth-order valence-electron chi connectivity index (χ4n) is 2.76. The van der Waals surface area contributed by atoms with Gasteiger partial charge < -0.3 is 10.2 Å². The number of hydrogen-bond acceptors (Lipinski definition) is 3.